The van der Waals surface area contributed by atoms with E-state index in [1.54, 1.807) is 12.4 Å². The number of rotatable bonds is 6. The molecule has 0 radical (unpaired) electrons. The van der Waals surface area contributed by atoms with Crippen molar-refractivity contribution in [1.29, 1.82) is 0 Å². The number of benzene rings is 1. The summed E-state index contributed by atoms with van der Waals surface area (Å²) < 4.78 is 0. The topological polar surface area (TPSA) is 58.1 Å². The Hall–Kier alpha value is -2.43. The summed E-state index contributed by atoms with van der Waals surface area (Å²) >= 11 is 0. The Labute approximate surface area is 149 Å². The van der Waals surface area contributed by atoms with Crippen molar-refractivity contribution >= 4 is 11.9 Å². The van der Waals surface area contributed by atoms with E-state index in [9.17, 15) is 4.79 Å². The van der Waals surface area contributed by atoms with Crippen LogP contribution in [0.25, 0.3) is 0 Å². The maximum absolute atomic E-state index is 12.6. The van der Waals surface area contributed by atoms with Crippen LogP contribution in [-0.4, -0.2) is 40.4 Å². The lowest BCUT2D eigenvalue weighted by Gasteiger charge is -2.32. The van der Waals surface area contributed by atoms with Gasteiger partial charge in [0.05, 0.1) is 5.56 Å². The number of hydrogen-bond acceptors (Lipinski definition) is 4. The van der Waals surface area contributed by atoms with Crippen molar-refractivity contribution in [2.75, 3.05) is 25.0 Å². The van der Waals surface area contributed by atoms with Gasteiger partial charge in [-0.15, -0.1) is 0 Å². The molecule has 1 saturated heterocycles. The van der Waals surface area contributed by atoms with E-state index in [1.807, 2.05) is 4.90 Å². The molecule has 2 aromatic rings. The first-order chi connectivity index (χ1) is 12.3. The van der Waals surface area contributed by atoms with Crippen molar-refractivity contribution in [1.82, 2.24) is 14.9 Å². The number of aromatic nitrogens is 2. The second-order valence-corrected chi connectivity index (χ2v) is 6.65. The van der Waals surface area contributed by atoms with Gasteiger partial charge in [0.1, 0.15) is 0 Å². The molecule has 2 heterocycles. The van der Waals surface area contributed by atoms with Gasteiger partial charge < -0.3 is 10.2 Å². The molecule has 1 fully saturated rings. The van der Waals surface area contributed by atoms with E-state index in [4.69, 9.17) is 0 Å². The average molecular weight is 338 g/mol. The maximum Gasteiger partial charge on any atom is 0.256 e. The van der Waals surface area contributed by atoms with Crippen LogP contribution in [0.1, 0.15) is 42.1 Å². The number of anilines is 1. The van der Waals surface area contributed by atoms with Crippen molar-refractivity contribution in [3.05, 3.63) is 53.9 Å². The number of carbonyl (C=O) groups excluding carboxylic acids is 1. The first kappa shape index (κ1) is 17.4. The highest BCUT2D eigenvalue weighted by Crippen LogP contribution is 2.22. The van der Waals surface area contributed by atoms with Gasteiger partial charge in [0.2, 0.25) is 5.95 Å². The summed E-state index contributed by atoms with van der Waals surface area (Å²) in [5, 5.41) is 3.12. The van der Waals surface area contributed by atoms with Gasteiger partial charge >= 0.3 is 0 Å². The Kier molecular flexibility index (Phi) is 5.99. The molecule has 5 nitrogen and oxygen atoms in total. The van der Waals surface area contributed by atoms with Crippen LogP contribution in [0.4, 0.5) is 5.95 Å². The third-order valence-corrected chi connectivity index (χ3v) is 4.70. The Balaban J connectivity index is 1.51. The van der Waals surface area contributed by atoms with E-state index in [0.29, 0.717) is 17.4 Å². The fraction of sp³-hybridized carbons (Fsp3) is 0.450. The van der Waals surface area contributed by atoms with E-state index in [1.165, 1.54) is 5.56 Å². The molecule has 1 N–H and O–H groups in total. The van der Waals surface area contributed by atoms with E-state index >= 15 is 0 Å². The maximum atomic E-state index is 12.6. The molecule has 1 aliphatic heterocycles. The van der Waals surface area contributed by atoms with E-state index in [-0.39, 0.29) is 5.91 Å². The minimum atomic E-state index is 0.0419. The van der Waals surface area contributed by atoms with Gasteiger partial charge in [-0.3, -0.25) is 4.79 Å². The van der Waals surface area contributed by atoms with Crippen LogP contribution in [-0.2, 0) is 6.42 Å². The minimum absolute atomic E-state index is 0.0419. The quantitative estimate of drug-likeness (QED) is 0.877. The van der Waals surface area contributed by atoms with Crippen molar-refractivity contribution in [2.24, 2.45) is 5.92 Å². The zero-order chi connectivity index (χ0) is 17.5. The third-order valence-electron chi connectivity index (χ3n) is 4.70. The van der Waals surface area contributed by atoms with Crippen molar-refractivity contribution in [2.45, 2.75) is 32.6 Å². The summed E-state index contributed by atoms with van der Waals surface area (Å²) in [6, 6.07) is 10.6. The number of nitrogens with zero attached hydrogens (tertiary/aromatic N) is 3. The number of likely N-dealkylation sites (tertiary alicyclic amines) is 1. The highest BCUT2D eigenvalue weighted by Gasteiger charge is 2.24. The van der Waals surface area contributed by atoms with E-state index in [0.717, 1.165) is 45.3 Å². The molecule has 0 aliphatic carbocycles. The highest BCUT2D eigenvalue weighted by molar-refractivity contribution is 5.93. The molecule has 0 spiro atoms. The lowest BCUT2D eigenvalue weighted by atomic mass is 9.90. The molecule has 0 saturated carbocycles. The van der Waals surface area contributed by atoms with Gasteiger partial charge in [0, 0.05) is 32.0 Å². The fourth-order valence-corrected chi connectivity index (χ4v) is 3.24. The molecule has 3 rings (SSSR count). The normalized spacial score (nSPS) is 15.2. The van der Waals surface area contributed by atoms with E-state index < -0.39 is 0 Å². The van der Waals surface area contributed by atoms with Gasteiger partial charge in [-0.25, -0.2) is 9.97 Å². The molecule has 25 heavy (non-hydrogen) atoms. The summed E-state index contributed by atoms with van der Waals surface area (Å²) in [6.07, 6.45) is 7.48. The molecule has 0 bridgehead atoms. The van der Waals surface area contributed by atoms with Crippen LogP contribution < -0.4 is 5.32 Å². The van der Waals surface area contributed by atoms with Crippen LogP contribution in [0.5, 0.6) is 0 Å². The number of nitrogens with one attached hydrogen (secondary N) is 1. The number of hydrogen-bond donors (Lipinski definition) is 1. The van der Waals surface area contributed by atoms with Crippen LogP contribution >= 0.6 is 0 Å². The SMILES string of the molecule is CCCNc1ncc(C(=O)N2CCC(Cc3ccccc3)CC2)cn1. The van der Waals surface area contributed by atoms with Crippen molar-refractivity contribution in [3.8, 4) is 0 Å². The highest BCUT2D eigenvalue weighted by atomic mass is 16.2. The summed E-state index contributed by atoms with van der Waals surface area (Å²) in [5.74, 6) is 1.28. The molecule has 1 aromatic heterocycles. The predicted molar refractivity (Wildman–Crippen MR) is 99.6 cm³/mol. The Bertz CT molecular complexity index is 664. The lowest BCUT2D eigenvalue weighted by Crippen LogP contribution is -2.39. The van der Waals surface area contributed by atoms with Crippen LogP contribution in [0.2, 0.25) is 0 Å². The smallest absolute Gasteiger partial charge is 0.256 e. The van der Waals surface area contributed by atoms with Gasteiger partial charge in [-0.05, 0) is 37.2 Å². The zero-order valence-electron chi connectivity index (χ0n) is 14.8. The van der Waals surface area contributed by atoms with Crippen molar-refractivity contribution < 1.29 is 4.79 Å². The Morgan fingerprint density at radius 3 is 2.48 bits per heavy atom. The van der Waals surface area contributed by atoms with Crippen molar-refractivity contribution in [3.63, 3.8) is 0 Å². The summed E-state index contributed by atoms with van der Waals surface area (Å²) in [5.41, 5.74) is 1.96. The standard InChI is InChI=1S/C20H26N4O/c1-2-10-21-20-22-14-18(15-23-20)19(25)24-11-8-17(9-12-24)13-16-6-4-3-5-7-16/h3-7,14-15,17H,2,8-13H2,1H3,(H,21,22,23). The Morgan fingerprint density at radius 2 is 1.84 bits per heavy atom. The van der Waals surface area contributed by atoms with Gasteiger partial charge in [0.25, 0.3) is 5.91 Å². The number of piperidine rings is 1. The van der Waals surface area contributed by atoms with Gasteiger partial charge in [-0.1, -0.05) is 37.3 Å². The molecule has 1 aromatic carbocycles. The summed E-state index contributed by atoms with van der Waals surface area (Å²) in [7, 11) is 0. The number of carbonyl (C=O) groups is 1. The predicted octanol–water partition coefficient (Wildman–Crippen LogP) is 3.39. The number of amides is 1. The second kappa shape index (κ2) is 8.60. The second-order valence-electron chi connectivity index (χ2n) is 6.65. The molecule has 1 aliphatic rings. The molecular formula is C20H26N4O. The van der Waals surface area contributed by atoms with E-state index in [2.05, 4.69) is 52.5 Å². The third kappa shape index (κ3) is 4.78. The van der Waals surface area contributed by atoms with Crippen LogP contribution in [0.15, 0.2) is 42.7 Å². The molecular weight excluding hydrogens is 312 g/mol. The zero-order valence-corrected chi connectivity index (χ0v) is 14.8. The van der Waals surface area contributed by atoms with Gasteiger partial charge in [0.15, 0.2) is 0 Å². The van der Waals surface area contributed by atoms with Gasteiger partial charge in [-0.2, -0.15) is 0 Å². The molecule has 0 unspecified atom stereocenters. The fourth-order valence-electron chi connectivity index (χ4n) is 3.24. The largest absolute Gasteiger partial charge is 0.354 e. The minimum Gasteiger partial charge on any atom is -0.354 e. The monoisotopic (exact) mass is 338 g/mol. The summed E-state index contributed by atoms with van der Waals surface area (Å²) in [6.45, 7) is 4.55. The molecule has 132 valence electrons. The molecule has 1 amide bonds. The Morgan fingerprint density at radius 1 is 1.16 bits per heavy atom. The van der Waals surface area contributed by atoms with Crippen LogP contribution in [0, 0.1) is 5.92 Å². The first-order valence-corrected chi connectivity index (χ1v) is 9.15. The molecule has 5 heteroatoms. The average Bonchev–Trinajstić information content (AvgIpc) is 2.68. The summed E-state index contributed by atoms with van der Waals surface area (Å²) in [4.78, 5) is 23.0. The first-order valence-electron chi connectivity index (χ1n) is 9.15. The van der Waals surface area contributed by atoms with Crippen LogP contribution in [0.3, 0.4) is 0 Å². The lowest BCUT2D eigenvalue weighted by molar-refractivity contribution is 0.0689. The molecule has 0 atom stereocenters.